The van der Waals surface area contributed by atoms with Crippen molar-refractivity contribution in [3.8, 4) is 0 Å². The molecule has 4 rings (SSSR count). The predicted octanol–water partition coefficient (Wildman–Crippen LogP) is 2.42. The van der Waals surface area contributed by atoms with E-state index in [2.05, 4.69) is 38.3 Å². The van der Waals surface area contributed by atoms with Crippen LogP contribution in [0.15, 0.2) is 55.1 Å². The van der Waals surface area contributed by atoms with Crippen LogP contribution in [0.4, 0.5) is 5.82 Å². The molecule has 0 N–H and O–H groups in total. The van der Waals surface area contributed by atoms with Crippen LogP contribution in [0, 0.1) is 0 Å². The van der Waals surface area contributed by atoms with E-state index in [1.165, 1.54) is 11.1 Å². The molecule has 0 radical (unpaired) electrons. The van der Waals surface area contributed by atoms with Gasteiger partial charge in [-0.05, 0) is 36.3 Å². The summed E-state index contributed by atoms with van der Waals surface area (Å²) in [4.78, 5) is 6.70. The molecule has 104 valence electrons. The zero-order chi connectivity index (χ0) is 14.1. The number of rotatable bonds is 2. The van der Waals surface area contributed by atoms with E-state index in [1.54, 1.807) is 6.33 Å². The Labute approximate surface area is 122 Å². The maximum absolute atomic E-state index is 4.41. The Bertz CT molecular complexity index is 791. The number of anilines is 1. The first-order valence-corrected chi connectivity index (χ1v) is 7.05. The van der Waals surface area contributed by atoms with Crippen LogP contribution in [0.2, 0.25) is 0 Å². The normalized spacial score (nSPS) is 15.2. The van der Waals surface area contributed by atoms with E-state index in [1.807, 2.05) is 35.0 Å². The van der Waals surface area contributed by atoms with Gasteiger partial charge in [-0.2, -0.15) is 0 Å². The van der Waals surface area contributed by atoms with Gasteiger partial charge < -0.3 is 4.90 Å². The van der Waals surface area contributed by atoms with Crippen LogP contribution in [-0.2, 0) is 0 Å². The van der Waals surface area contributed by atoms with Crippen molar-refractivity contribution in [3.05, 3.63) is 60.7 Å². The van der Waals surface area contributed by atoms with Gasteiger partial charge >= 0.3 is 0 Å². The van der Waals surface area contributed by atoms with Crippen molar-refractivity contribution in [2.45, 2.75) is 6.42 Å². The van der Waals surface area contributed by atoms with E-state index in [0.717, 1.165) is 31.0 Å². The summed E-state index contributed by atoms with van der Waals surface area (Å²) in [5.41, 5.74) is 3.44. The second kappa shape index (κ2) is 5.01. The lowest BCUT2D eigenvalue weighted by atomic mass is 10.0. The Hall–Kier alpha value is -2.69. The molecule has 0 atom stereocenters. The minimum atomic E-state index is 0.877. The summed E-state index contributed by atoms with van der Waals surface area (Å²) in [7, 11) is 0. The molecule has 0 aliphatic carbocycles. The molecule has 21 heavy (non-hydrogen) atoms. The lowest BCUT2D eigenvalue weighted by Crippen LogP contribution is -2.28. The molecule has 1 aliphatic heterocycles. The van der Waals surface area contributed by atoms with Crippen LogP contribution in [0.5, 0.6) is 0 Å². The third kappa shape index (κ3) is 2.16. The summed E-state index contributed by atoms with van der Waals surface area (Å²) in [6, 6.07) is 10.2. The van der Waals surface area contributed by atoms with E-state index >= 15 is 0 Å². The van der Waals surface area contributed by atoms with Crippen LogP contribution in [-0.4, -0.2) is 32.7 Å². The van der Waals surface area contributed by atoms with Gasteiger partial charge in [-0.1, -0.05) is 12.1 Å². The minimum Gasteiger partial charge on any atom is -0.353 e. The summed E-state index contributed by atoms with van der Waals surface area (Å²) in [5, 5.41) is 8.20. The fourth-order valence-electron chi connectivity index (χ4n) is 2.76. The van der Waals surface area contributed by atoms with Gasteiger partial charge in [-0.3, -0.25) is 4.40 Å². The average Bonchev–Trinajstić information content (AvgIpc) is 3.04. The van der Waals surface area contributed by atoms with Gasteiger partial charge in [0.25, 0.3) is 0 Å². The molecule has 0 spiro atoms. The van der Waals surface area contributed by atoms with Crippen molar-refractivity contribution in [2.75, 3.05) is 18.0 Å². The van der Waals surface area contributed by atoms with Crippen molar-refractivity contribution < 1.29 is 0 Å². The van der Waals surface area contributed by atoms with E-state index in [0.29, 0.717) is 0 Å². The molecule has 4 heterocycles. The zero-order valence-electron chi connectivity index (χ0n) is 11.6. The second-order valence-electron chi connectivity index (χ2n) is 5.10. The number of fused-ring (bicyclic) bond motifs is 1. The molecule has 5 nitrogen and oxygen atoms in total. The Morgan fingerprint density at radius 3 is 2.90 bits per heavy atom. The second-order valence-corrected chi connectivity index (χ2v) is 5.10. The molecule has 0 saturated carbocycles. The van der Waals surface area contributed by atoms with Gasteiger partial charge in [0.05, 0.1) is 0 Å². The highest BCUT2D eigenvalue weighted by Gasteiger charge is 2.16. The Balaban J connectivity index is 1.64. The molecule has 0 saturated heterocycles. The van der Waals surface area contributed by atoms with Gasteiger partial charge in [0.15, 0.2) is 5.65 Å². The Kier molecular flexibility index (Phi) is 2.88. The lowest BCUT2D eigenvalue weighted by Gasteiger charge is -2.27. The Morgan fingerprint density at radius 2 is 2.10 bits per heavy atom. The molecule has 0 fully saturated rings. The van der Waals surface area contributed by atoms with Crippen LogP contribution in [0.1, 0.15) is 12.0 Å². The van der Waals surface area contributed by atoms with E-state index in [-0.39, 0.29) is 0 Å². The van der Waals surface area contributed by atoms with Crippen LogP contribution < -0.4 is 4.90 Å². The number of pyridine rings is 2. The van der Waals surface area contributed by atoms with E-state index in [4.69, 9.17) is 0 Å². The van der Waals surface area contributed by atoms with Crippen molar-refractivity contribution in [3.63, 3.8) is 0 Å². The highest BCUT2D eigenvalue weighted by Crippen LogP contribution is 2.26. The average molecular weight is 277 g/mol. The highest BCUT2D eigenvalue weighted by atomic mass is 15.2. The SMILES string of the molecule is C1=C(c2cccn3cnnc23)CCN(c2ccccn2)C1. The summed E-state index contributed by atoms with van der Waals surface area (Å²) >= 11 is 0. The minimum absolute atomic E-state index is 0.877. The van der Waals surface area contributed by atoms with Crippen LogP contribution >= 0.6 is 0 Å². The smallest absolute Gasteiger partial charge is 0.168 e. The number of nitrogens with zero attached hydrogens (tertiary/aromatic N) is 5. The summed E-state index contributed by atoms with van der Waals surface area (Å²) in [6.07, 6.45) is 8.81. The summed E-state index contributed by atoms with van der Waals surface area (Å²) in [6.45, 7) is 1.85. The fourth-order valence-corrected chi connectivity index (χ4v) is 2.76. The van der Waals surface area contributed by atoms with Crippen molar-refractivity contribution in [1.29, 1.82) is 0 Å². The molecule has 3 aromatic rings. The zero-order valence-corrected chi connectivity index (χ0v) is 11.6. The molecule has 0 amide bonds. The van der Waals surface area contributed by atoms with E-state index in [9.17, 15) is 0 Å². The maximum atomic E-state index is 4.41. The van der Waals surface area contributed by atoms with Crippen molar-refractivity contribution in [1.82, 2.24) is 19.6 Å². The first-order chi connectivity index (χ1) is 10.4. The molecule has 0 unspecified atom stereocenters. The van der Waals surface area contributed by atoms with Gasteiger partial charge in [0.1, 0.15) is 12.1 Å². The number of hydrogen-bond donors (Lipinski definition) is 0. The highest BCUT2D eigenvalue weighted by molar-refractivity contribution is 5.77. The monoisotopic (exact) mass is 277 g/mol. The molecule has 5 heteroatoms. The van der Waals surface area contributed by atoms with Crippen molar-refractivity contribution in [2.24, 2.45) is 0 Å². The third-order valence-corrected chi connectivity index (χ3v) is 3.85. The summed E-state index contributed by atoms with van der Waals surface area (Å²) < 4.78 is 1.96. The first kappa shape index (κ1) is 12.1. The predicted molar refractivity (Wildman–Crippen MR) is 82.0 cm³/mol. The Morgan fingerprint density at radius 1 is 1.10 bits per heavy atom. The molecular formula is C16H15N5. The topological polar surface area (TPSA) is 46.3 Å². The summed E-state index contributed by atoms with van der Waals surface area (Å²) in [5.74, 6) is 1.04. The van der Waals surface area contributed by atoms with Crippen LogP contribution in [0.25, 0.3) is 11.2 Å². The lowest BCUT2D eigenvalue weighted by molar-refractivity contribution is 0.816. The molecule has 0 bridgehead atoms. The van der Waals surface area contributed by atoms with Gasteiger partial charge in [0, 0.05) is 31.0 Å². The first-order valence-electron chi connectivity index (χ1n) is 7.05. The molecule has 3 aromatic heterocycles. The van der Waals surface area contributed by atoms with E-state index < -0.39 is 0 Å². The number of aromatic nitrogens is 4. The largest absolute Gasteiger partial charge is 0.353 e. The number of hydrogen-bond acceptors (Lipinski definition) is 4. The fraction of sp³-hybridized carbons (Fsp3) is 0.188. The van der Waals surface area contributed by atoms with Gasteiger partial charge in [-0.25, -0.2) is 4.98 Å². The van der Waals surface area contributed by atoms with Crippen molar-refractivity contribution >= 4 is 17.0 Å². The van der Waals surface area contributed by atoms with Gasteiger partial charge in [-0.15, -0.1) is 10.2 Å². The maximum Gasteiger partial charge on any atom is 0.168 e. The van der Waals surface area contributed by atoms with Crippen LogP contribution in [0.3, 0.4) is 0 Å². The molecular weight excluding hydrogens is 262 g/mol. The molecule has 0 aromatic carbocycles. The third-order valence-electron chi connectivity index (χ3n) is 3.85. The standard InChI is InChI=1S/C16H15N5/c1-2-8-17-15(5-1)20-10-6-13(7-11-20)14-4-3-9-21-12-18-19-16(14)21/h1-6,8-9,12H,7,10-11H2. The quantitative estimate of drug-likeness (QED) is 0.721. The molecule has 1 aliphatic rings. The van der Waals surface area contributed by atoms with Gasteiger partial charge in [0.2, 0.25) is 0 Å².